The first kappa shape index (κ1) is 18.6. The number of hydrogen-bond donors (Lipinski definition) is 1. The summed E-state index contributed by atoms with van der Waals surface area (Å²) in [5, 5.41) is 2.77. The lowest BCUT2D eigenvalue weighted by molar-refractivity contribution is 0.0598. The van der Waals surface area contributed by atoms with Gasteiger partial charge in [-0.05, 0) is 31.9 Å². The number of nitrogens with zero attached hydrogens (tertiary/aromatic N) is 4. The van der Waals surface area contributed by atoms with Crippen LogP contribution in [0.5, 0.6) is 0 Å². The maximum Gasteiger partial charge on any atom is 0.341 e. The van der Waals surface area contributed by atoms with Crippen molar-refractivity contribution in [3.05, 3.63) is 35.7 Å². The Bertz CT molecular complexity index is 1080. The van der Waals surface area contributed by atoms with Gasteiger partial charge in [0.05, 0.1) is 36.2 Å². The van der Waals surface area contributed by atoms with Crippen LogP contribution in [0, 0.1) is 6.92 Å². The molecule has 0 radical (unpaired) electrons. The Labute approximate surface area is 174 Å². The zero-order valence-electron chi connectivity index (χ0n) is 15.1. The van der Waals surface area contributed by atoms with E-state index in [0.29, 0.717) is 45.8 Å². The maximum absolute atomic E-state index is 12.2. The van der Waals surface area contributed by atoms with Crippen molar-refractivity contribution in [2.24, 2.45) is 0 Å². The summed E-state index contributed by atoms with van der Waals surface area (Å²) >= 11 is 2.01. The molecule has 1 aliphatic rings. The highest BCUT2D eigenvalue weighted by Gasteiger charge is 2.31. The molecule has 0 atom stereocenters. The number of pyridine rings is 1. The van der Waals surface area contributed by atoms with Crippen LogP contribution >= 0.6 is 22.9 Å². The zero-order chi connectivity index (χ0) is 19.8. The van der Waals surface area contributed by atoms with Gasteiger partial charge in [0.1, 0.15) is 28.4 Å². The van der Waals surface area contributed by atoms with E-state index in [4.69, 9.17) is 9.15 Å². The number of furan rings is 1. The van der Waals surface area contributed by atoms with Crippen LogP contribution in [0.3, 0.4) is 0 Å². The van der Waals surface area contributed by atoms with Gasteiger partial charge in [-0.25, -0.2) is 19.6 Å². The highest BCUT2D eigenvalue weighted by molar-refractivity contribution is 14.1. The molecule has 1 N–H and O–H groups in total. The fourth-order valence-corrected chi connectivity index (χ4v) is 3.31. The summed E-state index contributed by atoms with van der Waals surface area (Å²) in [5.41, 5.74) is 1.69. The van der Waals surface area contributed by atoms with Crippen LogP contribution in [-0.2, 0) is 4.74 Å². The first-order valence-electron chi connectivity index (χ1n) is 8.55. The normalized spacial score (nSPS) is 13.4. The molecule has 3 aromatic heterocycles. The molecule has 3 heterocycles. The van der Waals surface area contributed by atoms with Gasteiger partial charge in [-0.1, -0.05) is 0 Å². The van der Waals surface area contributed by atoms with Gasteiger partial charge < -0.3 is 9.15 Å². The number of carbonyl (C=O) groups is 2. The predicted molar refractivity (Wildman–Crippen MR) is 109 cm³/mol. The van der Waals surface area contributed by atoms with Crippen molar-refractivity contribution >= 4 is 51.8 Å². The van der Waals surface area contributed by atoms with Crippen molar-refractivity contribution in [3.63, 3.8) is 0 Å². The Hall–Kier alpha value is -2.76. The molecule has 3 aromatic rings. The molecule has 144 valence electrons. The van der Waals surface area contributed by atoms with Gasteiger partial charge in [0, 0.05) is 12.1 Å². The Kier molecular flexibility index (Phi) is 4.87. The summed E-state index contributed by atoms with van der Waals surface area (Å²) in [6.45, 7) is 1.67. The van der Waals surface area contributed by atoms with E-state index >= 15 is 0 Å². The molecule has 2 amide bonds. The zero-order valence-corrected chi connectivity index (χ0v) is 17.3. The minimum absolute atomic E-state index is 0.219. The Morgan fingerprint density at radius 3 is 2.82 bits per heavy atom. The number of nitrogens with one attached hydrogen (secondary N) is 1. The van der Waals surface area contributed by atoms with Crippen molar-refractivity contribution in [1.82, 2.24) is 18.1 Å². The third-order valence-corrected chi connectivity index (χ3v) is 5.50. The third-order valence-electron chi connectivity index (χ3n) is 4.28. The van der Waals surface area contributed by atoms with E-state index in [1.54, 1.807) is 34.4 Å². The lowest BCUT2D eigenvalue weighted by Crippen LogP contribution is -2.28. The van der Waals surface area contributed by atoms with Gasteiger partial charge in [-0.3, -0.25) is 13.4 Å². The van der Waals surface area contributed by atoms with Crippen LogP contribution in [-0.4, -0.2) is 43.2 Å². The number of fused-ring (bicyclic) bond motifs is 1. The number of methoxy groups -OCH3 is 1. The number of amides is 2. The van der Waals surface area contributed by atoms with Gasteiger partial charge >= 0.3 is 12.0 Å². The van der Waals surface area contributed by atoms with Crippen molar-refractivity contribution in [2.45, 2.75) is 25.8 Å². The number of esters is 1. The lowest BCUT2D eigenvalue weighted by Gasteiger charge is -2.14. The molecule has 0 aliphatic heterocycles. The first-order chi connectivity index (χ1) is 13.5. The second-order valence-electron chi connectivity index (χ2n) is 6.34. The summed E-state index contributed by atoms with van der Waals surface area (Å²) in [6, 6.07) is 5.04. The molecule has 0 aromatic carbocycles. The second kappa shape index (κ2) is 7.34. The summed E-state index contributed by atoms with van der Waals surface area (Å²) in [7, 11) is 1.31. The molecule has 9 nitrogen and oxygen atoms in total. The van der Waals surface area contributed by atoms with E-state index in [1.165, 1.54) is 7.11 Å². The Balaban J connectivity index is 1.62. The SMILES string of the molecule is COC(=O)c1cc(-c2cnc3ccc(NC(=O)N(I)C4CC4)nc3n2)oc1C. The van der Waals surface area contributed by atoms with E-state index < -0.39 is 5.97 Å². The first-order valence-corrected chi connectivity index (χ1v) is 9.51. The summed E-state index contributed by atoms with van der Waals surface area (Å²) in [6.07, 6.45) is 3.58. The van der Waals surface area contributed by atoms with Crippen LogP contribution < -0.4 is 5.32 Å². The second-order valence-corrected chi connectivity index (χ2v) is 7.38. The molecule has 0 saturated heterocycles. The van der Waals surface area contributed by atoms with Crippen molar-refractivity contribution in [2.75, 3.05) is 12.4 Å². The third kappa shape index (κ3) is 3.63. The molecule has 0 unspecified atom stereocenters. The fourth-order valence-electron chi connectivity index (χ4n) is 2.64. The average Bonchev–Trinajstić information content (AvgIpc) is 3.48. The topological polar surface area (TPSA) is 110 Å². The molecule has 0 spiro atoms. The van der Waals surface area contributed by atoms with Gasteiger partial charge in [0.2, 0.25) is 0 Å². The van der Waals surface area contributed by atoms with Crippen molar-refractivity contribution in [3.8, 4) is 11.5 Å². The van der Waals surface area contributed by atoms with Crippen LogP contribution in [0.1, 0.15) is 29.0 Å². The number of ether oxygens (including phenoxy) is 1. The lowest BCUT2D eigenvalue weighted by atomic mass is 10.2. The number of rotatable bonds is 4. The van der Waals surface area contributed by atoms with Crippen LogP contribution in [0.4, 0.5) is 10.6 Å². The molecule has 4 rings (SSSR count). The van der Waals surface area contributed by atoms with Gasteiger partial charge in [-0.2, -0.15) is 0 Å². The average molecular weight is 493 g/mol. The fraction of sp³-hybridized carbons (Fsp3) is 0.278. The number of urea groups is 1. The van der Waals surface area contributed by atoms with Crippen molar-refractivity contribution < 1.29 is 18.7 Å². The highest BCUT2D eigenvalue weighted by atomic mass is 127. The summed E-state index contributed by atoms with van der Waals surface area (Å²) in [4.78, 5) is 37.2. The molecule has 1 saturated carbocycles. The number of hydrogen-bond acceptors (Lipinski definition) is 7. The molecular weight excluding hydrogens is 477 g/mol. The number of anilines is 1. The number of aryl methyl sites for hydroxylation is 1. The smallest absolute Gasteiger partial charge is 0.341 e. The largest absolute Gasteiger partial charge is 0.465 e. The number of halogens is 1. The van der Waals surface area contributed by atoms with E-state index in [2.05, 4.69) is 20.3 Å². The quantitative estimate of drug-likeness (QED) is 0.335. The van der Waals surface area contributed by atoms with Crippen LogP contribution in [0.25, 0.3) is 22.6 Å². The highest BCUT2D eigenvalue weighted by Crippen LogP contribution is 2.30. The Morgan fingerprint density at radius 2 is 2.11 bits per heavy atom. The minimum atomic E-state index is -0.483. The minimum Gasteiger partial charge on any atom is -0.465 e. The van der Waals surface area contributed by atoms with E-state index in [1.807, 2.05) is 22.9 Å². The van der Waals surface area contributed by atoms with Crippen molar-refractivity contribution in [1.29, 1.82) is 0 Å². The molecule has 28 heavy (non-hydrogen) atoms. The molecular formula is C18H16IN5O4. The van der Waals surface area contributed by atoms with Crippen LogP contribution in [0.2, 0.25) is 0 Å². The van der Waals surface area contributed by atoms with E-state index in [9.17, 15) is 9.59 Å². The monoisotopic (exact) mass is 493 g/mol. The Morgan fingerprint density at radius 1 is 1.32 bits per heavy atom. The number of carbonyl (C=O) groups excluding carboxylic acids is 2. The van der Waals surface area contributed by atoms with Crippen LogP contribution in [0.15, 0.2) is 28.8 Å². The number of aromatic nitrogens is 3. The molecule has 0 bridgehead atoms. The van der Waals surface area contributed by atoms with E-state index in [-0.39, 0.29) is 6.03 Å². The summed E-state index contributed by atoms with van der Waals surface area (Å²) < 4.78 is 12.0. The molecule has 10 heteroatoms. The molecule has 1 aliphatic carbocycles. The van der Waals surface area contributed by atoms with Gasteiger partial charge in [-0.15, -0.1) is 0 Å². The predicted octanol–water partition coefficient (Wildman–Crippen LogP) is 3.73. The summed E-state index contributed by atoms with van der Waals surface area (Å²) in [5.74, 6) is 0.719. The maximum atomic E-state index is 12.2. The van der Waals surface area contributed by atoms with Gasteiger partial charge in [0.25, 0.3) is 0 Å². The van der Waals surface area contributed by atoms with Gasteiger partial charge in [0.15, 0.2) is 11.4 Å². The standard InChI is InChI=1S/C18H16IN5O4/c1-9-11(17(25)27-2)7-14(28-9)13-8-20-12-5-6-15(22-16(12)21-13)23-18(26)24(19)10-3-4-10/h5-8,10H,3-4H2,1-2H3,(H,21,22,23,26). The van der Waals surface area contributed by atoms with E-state index in [0.717, 1.165) is 12.8 Å². The molecule has 1 fully saturated rings.